The number of hydrogen-bond acceptors (Lipinski definition) is 10. The number of nitrogens with zero attached hydrogens (tertiary/aromatic N) is 4. The van der Waals surface area contributed by atoms with E-state index in [0.29, 0.717) is 38.4 Å². The van der Waals surface area contributed by atoms with Crippen LogP contribution in [-0.2, 0) is 37.3 Å². The van der Waals surface area contributed by atoms with Crippen LogP contribution < -0.4 is 19.7 Å². The van der Waals surface area contributed by atoms with Gasteiger partial charge in [-0.3, -0.25) is 9.69 Å². The highest BCUT2D eigenvalue weighted by Crippen LogP contribution is 2.35. The van der Waals surface area contributed by atoms with E-state index < -0.39 is 50.8 Å². The topological polar surface area (TPSA) is 159 Å². The van der Waals surface area contributed by atoms with Crippen molar-refractivity contribution in [3.8, 4) is 17.2 Å². The molecule has 0 unspecified atom stereocenters. The first kappa shape index (κ1) is 41.9. The molecule has 1 aliphatic carbocycles. The minimum Gasteiger partial charge on any atom is -0.497 e. The third kappa shape index (κ3) is 10.7. The summed E-state index contributed by atoms with van der Waals surface area (Å²) in [5, 5.41) is 7.63. The third-order valence-corrected chi connectivity index (χ3v) is 10.5. The molecule has 300 valence electrons. The number of ether oxygens (including phenoxy) is 4. The van der Waals surface area contributed by atoms with Crippen molar-refractivity contribution in [2.45, 2.75) is 83.4 Å². The molecule has 1 aromatic heterocycles. The molecule has 5 rings (SSSR count). The van der Waals surface area contributed by atoms with Crippen molar-refractivity contribution in [1.29, 1.82) is 0 Å². The van der Waals surface area contributed by atoms with Gasteiger partial charge in [-0.25, -0.2) is 22.7 Å². The van der Waals surface area contributed by atoms with Crippen molar-refractivity contribution in [2.75, 3.05) is 31.0 Å². The molecule has 3 aromatic carbocycles. The summed E-state index contributed by atoms with van der Waals surface area (Å²) in [6.07, 6.45) is 3.05. The molecule has 1 fully saturated rings. The molecule has 56 heavy (non-hydrogen) atoms. The number of sulfonamides is 1. The smallest absolute Gasteiger partial charge is 0.424 e. The zero-order chi connectivity index (χ0) is 41.0. The van der Waals surface area contributed by atoms with Crippen LogP contribution in [0.2, 0.25) is 5.02 Å². The van der Waals surface area contributed by atoms with Crippen LogP contribution in [-0.4, -0.2) is 72.6 Å². The maximum absolute atomic E-state index is 15.0. The largest absolute Gasteiger partial charge is 0.497 e. The molecule has 0 saturated heterocycles. The predicted molar refractivity (Wildman–Crippen MR) is 212 cm³/mol. The normalized spacial score (nSPS) is 13.1. The van der Waals surface area contributed by atoms with Crippen molar-refractivity contribution in [3.05, 3.63) is 89.2 Å². The summed E-state index contributed by atoms with van der Waals surface area (Å²) >= 11 is 6.30. The Bertz CT molecular complexity index is 2190. The maximum atomic E-state index is 15.0. The van der Waals surface area contributed by atoms with Crippen LogP contribution in [0.15, 0.2) is 78.0 Å². The summed E-state index contributed by atoms with van der Waals surface area (Å²) in [4.78, 5) is 41.7. The lowest BCUT2D eigenvalue weighted by Crippen LogP contribution is -2.40. The summed E-state index contributed by atoms with van der Waals surface area (Å²) in [6.45, 7) is 10.1. The van der Waals surface area contributed by atoms with E-state index in [9.17, 15) is 14.4 Å². The number of amides is 3. The van der Waals surface area contributed by atoms with Crippen LogP contribution in [0.4, 0.5) is 21.0 Å². The summed E-state index contributed by atoms with van der Waals surface area (Å²) in [5.74, 6) is 0.545. The zero-order valence-electron chi connectivity index (χ0n) is 32.8. The lowest BCUT2D eigenvalue weighted by molar-refractivity contribution is -0.115. The predicted octanol–water partition coefficient (Wildman–Crippen LogP) is 8.00. The van der Waals surface area contributed by atoms with Crippen molar-refractivity contribution in [1.82, 2.24) is 14.1 Å². The molecule has 3 amide bonds. The second-order valence-corrected chi connectivity index (χ2v) is 17.6. The van der Waals surface area contributed by atoms with Gasteiger partial charge in [0.05, 0.1) is 51.0 Å². The first-order valence-corrected chi connectivity index (χ1v) is 19.8. The molecule has 1 saturated carbocycles. The molecule has 16 heteroatoms. The van der Waals surface area contributed by atoms with Gasteiger partial charge in [0.15, 0.2) is 0 Å². The first-order valence-electron chi connectivity index (χ1n) is 18.0. The molecular weight excluding hydrogens is 762 g/mol. The Labute approximate surface area is 332 Å². The molecule has 1 aliphatic rings. The van der Waals surface area contributed by atoms with Crippen LogP contribution in [0.1, 0.15) is 65.5 Å². The Balaban J connectivity index is 1.62. The van der Waals surface area contributed by atoms with E-state index in [2.05, 4.69) is 10.4 Å². The molecule has 0 radical (unpaired) electrons. The van der Waals surface area contributed by atoms with Crippen molar-refractivity contribution < 1.29 is 41.7 Å². The zero-order valence-corrected chi connectivity index (χ0v) is 34.4. The molecule has 0 spiro atoms. The molecule has 1 N–H and O–H groups in total. The molecule has 14 nitrogen and oxygen atoms in total. The van der Waals surface area contributed by atoms with Crippen molar-refractivity contribution in [3.63, 3.8) is 0 Å². The molecule has 0 bridgehead atoms. The first-order chi connectivity index (χ1) is 26.3. The van der Waals surface area contributed by atoms with E-state index in [1.54, 1.807) is 84.0 Å². The fourth-order valence-electron chi connectivity index (χ4n) is 5.57. The SMILES string of the molecule is COc1ccc(CN(C(=O)OC(C)(C)C)S(=O)(=O)c2cc(NC(=O)Cc3ccccc3Cl)ccc2-n2cc(N(CC3CC3)C(=O)OC(C)(C)C)cn2)c(OC)c1. The van der Waals surface area contributed by atoms with Gasteiger partial charge in [0.25, 0.3) is 10.0 Å². The third-order valence-electron chi connectivity index (χ3n) is 8.40. The molecule has 0 aliphatic heterocycles. The average Bonchev–Trinajstić information content (AvgIpc) is 3.81. The Hall–Kier alpha value is -5.28. The fourth-order valence-corrected chi connectivity index (χ4v) is 7.25. The van der Waals surface area contributed by atoms with Gasteiger partial charge < -0.3 is 24.3 Å². The van der Waals surface area contributed by atoms with Gasteiger partial charge in [-0.15, -0.1) is 0 Å². The number of rotatable bonds is 13. The quantitative estimate of drug-likeness (QED) is 0.140. The minimum absolute atomic E-state index is 0.0196. The molecule has 1 heterocycles. The van der Waals surface area contributed by atoms with Crippen LogP contribution in [0.5, 0.6) is 11.5 Å². The Morgan fingerprint density at radius 2 is 1.57 bits per heavy atom. The lowest BCUT2D eigenvalue weighted by atomic mass is 10.1. The van der Waals surface area contributed by atoms with Gasteiger partial charge in [-0.2, -0.15) is 9.40 Å². The number of hydrogen-bond donors (Lipinski definition) is 1. The van der Waals surface area contributed by atoms with Crippen molar-refractivity contribution in [2.24, 2.45) is 5.92 Å². The molecule has 4 aromatic rings. The monoisotopic (exact) mass is 809 g/mol. The number of carbonyl (C=O) groups is 3. The minimum atomic E-state index is -4.84. The van der Waals surface area contributed by atoms with Crippen LogP contribution in [0.3, 0.4) is 0 Å². The number of aromatic nitrogens is 2. The fraction of sp³-hybridized carbons (Fsp3) is 0.400. The van der Waals surface area contributed by atoms with Gasteiger partial charge >= 0.3 is 12.2 Å². The number of halogens is 1. The molecular formula is C40H48ClN5O9S. The maximum Gasteiger partial charge on any atom is 0.424 e. The van der Waals surface area contributed by atoms with Crippen LogP contribution in [0.25, 0.3) is 5.69 Å². The van der Waals surface area contributed by atoms with E-state index in [-0.39, 0.29) is 29.5 Å². The lowest BCUT2D eigenvalue weighted by Gasteiger charge is -2.28. The highest BCUT2D eigenvalue weighted by molar-refractivity contribution is 7.89. The summed E-state index contributed by atoms with van der Waals surface area (Å²) < 4.78 is 54.1. The van der Waals surface area contributed by atoms with Gasteiger partial charge in [-0.05, 0) is 102 Å². The highest BCUT2D eigenvalue weighted by Gasteiger charge is 2.37. The highest BCUT2D eigenvalue weighted by atomic mass is 35.5. The van der Waals surface area contributed by atoms with E-state index >= 15 is 8.42 Å². The number of benzene rings is 3. The van der Waals surface area contributed by atoms with Gasteiger partial charge in [0, 0.05) is 28.9 Å². The Morgan fingerprint density at radius 3 is 2.20 bits per heavy atom. The van der Waals surface area contributed by atoms with Gasteiger partial charge in [-0.1, -0.05) is 29.8 Å². The van der Waals surface area contributed by atoms with Gasteiger partial charge in [0.1, 0.15) is 27.6 Å². The second-order valence-electron chi connectivity index (χ2n) is 15.3. The van der Waals surface area contributed by atoms with E-state index in [4.69, 9.17) is 30.5 Å². The van der Waals surface area contributed by atoms with Crippen LogP contribution in [0, 0.1) is 5.92 Å². The molecule has 0 atom stereocenters. The van der Waals surface area contributed by atoms with E-state index in [1.165, 1.54) is 54.4 Å². The number of nitrogens with one attached hydrogen (secondary N) is 1. The van der Waals surface area contributed by atoms with E-state index in [0.717, 1.165) is 12.8 Å². The summed E-state index contributed by atoms with van der Waals surface area (Å²) in [6, 6.07) is 15.9. The van der Waals surface area contributed by atoms with Crippen molar-refractivity contribution >= 4 is 51.1 Å². The average molecular weight is 810 g/mol. The standard InChI is InChI=1S/C40H48ClN5O9S/c1-39(2,3)54-37(48)44(23-26-13-14-26)30-22-42-45(25-30)33-18-16-29(43-36(47)19-27-11-9-10-12-32(27)41)20-35(33)56(50,51)46(38(49)55-40(4,5)6)24-28-15-17-31(52-7)21-34(28)53-8/h9-12,15-18,20-22,25-26H,13-14,19,23-24H2,1-8H3,(H,43,47). The number of carbonyl (C=O) groups excluding carboxylic acids is 3. The summed E-state index contributed by atoms with van der Waals surface area (Å²) in [7, 11) is -1.95. The van der Waals surface area contributed by atoms with E-state index in [1.807, 2.05) is 0 Å². The van der Waals surface area contributed by atoms with Gasteiger partial charge in [0.2, 0.25) is 5.91 Å². The number of methoxy groups -OCH3 is 2. The Kier molecular flexibility index (Phi) is 12.6. The number of anilines is 2. The summed E-state index contributed by atoms with van der Waals surface area (Å²) in [5.41, 5.74) is -0.416. The second kappa shape index (κ2) is 16.8. The van der Waals surface area contributed by atoms with Crippen LogP contribution >= 0.6 is 11.6 Å². The Morgan fingerprint density at radius 1 is 0.893 bits per heavy atom.